The molecule has 1 fully saturated rings. The maximum Gasteiger partial charge on any atom is 0.419 e. The topological polar surface area (TPSA) is 75.9 Å². The number of amides is 1. The third-order valence-corrected chi connectivity index (χ3v) is 4.82. The Balaban J connectivity index is 2.39. The number of carbonyl (C=O) groups is 1. The van der Waals surface area contributed by atoms with Crippen LogP contribution in [0.25, 0.3) is 0 Å². The van der Waals surface area contributed by atoms with E-state index in [-0.39, 0.29) is 24.1 Å². The Hall–Kier alpha value is -2.04. The molecule has 0 unspecified atom stereocenters. The van der Waals surface area contributed by atoms with Gasteiger partial charge in [-0.25, -0.2) is 4.79 Å². The molecule has 1 atom stereocenters. The summed E-state index contributed by atoms with van der Waals surface area (Å²) in [5.41, 5.74) is -2.93. The summed E-state index contributed by atoms with van der Waals surface area (Å²) in [6.45, 7) is 6.89. The summed E-state index contributed by atoms with van der Waals surface area (Å²) < 4.78 is 45.9. The van der Waals surface area contributed by atoms with Crippen molar-refractivity contribution in [1.82, 2.24) is 4.90 Å². The maximum absolute atomic E-state index is 13.6. The fourth-order valence-corrected chi connectivity index (χ4v) is 3.59. The molecule has 1 saturated heterocycles. The van der Waals surface area contributed by atoms with Gasteiger partial charge in [0.2, 0.25) is 0 Å². The standard InChI is InChI=1S/C17H21BrF3N3O4/c1-10-9-22(7-8-23(10)15(25)28-16(2,3)4)14-12(24(26)27)6-5-11(18)13(14)17(19,20)21/h5-6,10H,7-9H2,1-4H3/t10-/m0/s1. The Morgan fingerprint density at radius 3 is 2.36 bits per heavy atom. The van der Waals surface area contributed by atoms with Gasteiger partial charge in [-0.15, -0.1) is 0 Å². The predicted molar refractivity (Wildman–Crippen MR) is 100 cm³/mol. The van der Waals surface area contributed by atoms with Crippen molar-refractivity contribution in [2.75, 3.05) is 24.5 Å². The fourth-order valence-electron chi connectivity index (χ4n) is 3.05. The fraction of sp³-hybridized carbons (Fsp3) is 0.588. The smallest absolute Gasteiger partial charge is 0.419 e. The van der Waals surface area contributed by atoms with Crippen LogP contribution in [0.15, 0.2) is 16.6 Å². The normalized spacial score (nSPS) is 18.2. The summed E-state index contributed by atoms with van der Waals surface area (Å²) >= 11 is 2.86. The van der Waals surface area contributed by atoms with Crippen LogP contribution in [0.5, 0.6) is 0 Å². The third kappa shape index (κ3) is 4.86. The predicted octanol–water partition coefficient (Wildman–Crippen LogP) is 4.82. The van der Waals surface area contributed by atoms with Crippen molar-refractivity contribution in [3.05, 3.63) is 32.3 Å². The monoisotopic (exact) mass is 467 g/mol. The second kappa shape index (κ2) is 7.76. The summed E-state index contributed by atoms with van der Waals surface area (Å²) in [7, 11) is 0. The van der Waals surface area contributed by atoms with Gasteiger partial charge in [0, 0.05) is 36.2 Å². The van der Waals surface area contributed by atoms with Crippen molar-refractivity contribution in [1.29, 1.82) is 0 Å². The molecule has 0 saturated carbocycles. The highest BCUT2D eigenvalue weighted by molar-refractivity contribution is 9.10. The van der Waals surface area contributed by atoms with E-state index in [2.05, 4.69) is 15.9 Å². The minimum Gasteiger partial charge on any atom is -0.444 e. The number of alkyl halides is 3. The molecule has 7 nitrogen and oxygen atoms in total. The molecule has 1 aliphatic heterocycles. The first-order chi connectivity index (χ1) is 12.7. The third-order valence-electron chi connectivity index (χ3n) is 4.16. The molecule has 0 spiro atoms. The highest BCUT2D eigenvalue weighted by Gasteiger charge is 2.43. The number of carbonyl (C=O) groups excluding carboxylic acids is 1. The van der Waals surface area contributed by atoms with Crippen molar-refractivity contribution in [3.63, 3.8) is 0 Å². The van der Waals surface area contributed by atoms with Crippen molar-refractivity contribution in [3.8, 4) is 0 Å². The van der Waals surface area contributed by atoms with Crippen molar-refractivity contribution < 1.29 is 27.6 Å². The van der Waals surface area contributed by atoms with Crippen LogP contribution >= 0.6 is 15.9 Å². The molecule has 1 aliphatic rings. The summed E-state index contributed by atoms with van der Waals surface area (Å²) in [5.74, 6) is 0. The van der Waals surface area contributed by atoms with Crippen LogP contribution in [-0.4, -0.2) is 47.2 Å². The quantitative estimate of drug-likeness (QED) is 0.460. The Morgan fingerprint density at radius 1 is 1.29 bits per heavy atom. The Bertz CT molecular complexity index is 780. The second-order valence-corrected chi connectivity index (χ2v) is 8.37. The lowest BCUT2D eigenvalue weighted by Gasteiger charge is -2.41. The number of nitro benzene ring substituents is 1. The van der Waals surface area contributed by atoms with Gasteiger partial charge in [0.15, 0.2) is 0 Å². The number of benzene rings is 1. The van der Waals surface area contributed by atoms with Gasteiger partial charge >= 0.3 is 12.3 Å². The van der Waals surface area contributed by atoms with Crippen molar-refractivity contribution in [2.24, 2.45) is 0 Å². The van der Waals surface area contributed by atoms with Crippen LogP contribution in [0, 0.1) is 10.1 Å². The van der Waals surface area contributed by atoms with Gasteiger partial charge in [-0.05, 0) is 33.8 Å². The number of nitrogens with zero attached hydrogens (tertiary/aromatic N) is 3. The van der Waals surface area contributed by atoms with Gasteiger partial charge < -0.3 is 14.5 Å². The first-order valence-electron chi connectivity index (χ1n) is 8.51. The first kappa shape index (κ1) is 22.3. The summed E-state index contributed by atoms with van der Waals surface area (Å²) in [5, 5.41) is 11.4. The zero-order valence-corrected chi connectivity index (χ0v) is 17.4. The Labute approximate surface area is 168 Å². The minimum atomic E-state index is -4.79. The van der Waals surface area contributed by atoms with Crippen molar-refractivity contribution >= 4 is 33.4 Å². The molecule has 156 valence electrons. The number of anilines is 1. The molecule has 11 heteroatoms. The van der Waals surface area contributed by atoms with E-state index >= 15 is 0 Å². The van der Waals surface area contributed by atoms with E-state index in [1.165, 1.54) is 9.80 Å². The lowest BCUT2D eigenvalue weighted by Crippen LogP contribution is -2.55. The van der Waals surface area contributed by atoms with E-state index in [9.17, 15) is 28.1 Å². The van der Waals surface area contributed by atoms with E-state index in [1.807, 2.05) is 0 Å². The van der Waals surface area contributed by atoms with Gasteiger partial charge in [0.05, 0.1) is 4.92 Å². The number of nitro groups is 1. The first-order valence-corrected chi connectivity index (χ1v) is 9.30. The molecule has 1 aromatic rings. The molecule has 0 bridgehead atoms. The summed E-state index contributed by atoms with van der Waals surface area (Å²) in [6.07, 6.45) is -5.36. The van der Waals surface area contributed by atoms with Crippen LogP contribution in [0.4, 0.5) is 29.3 Å². The second-order valence-electron chi connectivity index (χ2n) is 7.51. The SMILES string of the molecule is C[C@H]1CN(c2c([N+](=O)[O-])ccc(Br)c2C(F)(F)F)CCN1C(=O)OC(C)(C)C. The average molecular weight is 468 g/mol. The maximum atomic E-state index is 13.6. The van der Waals surface area contributed by atoms with E-state index in [1.54, 1.807) is 27.7 Å². The minimum absolute atomic E-state index is 0.000381. The molecule has 1 aromatic carbocycles. The molecular weight excluding hydrogens is 447 g/mol. The van der Waals surface area contributed by atoms with Crippen molar-refractivity contribution in [2.45, 2.75) is 45.5 Å². The lowest BCUT2D eigenvalue weighted by atomic mass is 10.1. The summed E-state index contributed by atoms with van der Waals surface area (Å²) in [6, 6.07) is 1.56. The number of hydrogen-bond acceptors (Lipinski definition) is 5. The van der Waals surface area contributed by atoms with Gasteiger partial charge in [-0.3, -0.25) is 10.1 Å². The number of ether oxygens (including phenoxy) is 1. The zero-order valence-electron chi connectivity index (χ0n) is 15.8. The lowest BCUT2D eigenvalue weighted by molar-refractivity contribution is -0.384. The number of rotatable bonds is 2. The number of halogens is 4. The zero-order chi connectivity index (χ0) is 21.4. The molecular formula is C17H21BrF3N3O4. The van der Waals surface area contributed by atoms with Crippen LogP contribution in [-0.2, 0) is 10.9 Å². The molecule has 0 radical (unpaired) electrons. The van der Waals surface area contributed by atoms with Gasteiger partial charge in [0.1, 0.15) is 16.9 Å². The van der Waals surface area contributed by atoms with Crippen LogP contribution in [0.2, 0.25) is 0 Å². The van der Waals surface area contributed by atoms with Crippen LogP contribution < -0.4 is 4.90 Å². The highest BCUT2D eigenvalue weighted by atomic mass is 79.9. The van der Waals surface area contributed by atoms with E-state index in [0.717, 1.165) is 12.1 Å². The van der Waals surface area contributed by atoms with Crippen LogP contribution in [0.3, 0.4) is 0 Å². The molecule has 0 aliphatic carbocycles. The largest absolute Gasteiger partial charge is 0.444 e. The molecule has 0 aromatic heterocycles. The van der Waals surface area contributed by atoms with Gasteiger partial charge in [-0.2, -0.15) is 13.2 Å². The van der Waals surface area contributed by atoms with Gasteiger partial charge in [0.25, 0.3) is 5.69 Å². The van der Waals surface area contributed by atoms with E-state index < -0.39 is 45.8 Å². The Morgan fingerprint density at radius 2 is 1.89 bits per heavy atom. The Kier molecular flexibility index (Phi) is 6.17. The number of piperazine rings is 1. The summed E-state index contributed by atoms with van der Waals surface area (Å²) in [4.78, 5) is 25.6. The van der Waals surface area contributed by atoms with Gasteiger partial charge in [-0.1, -0.05) is 15.9 Å². The molecule has 28 heavy (non-hydrogen) atoms. The van der Waals surface area contributed by atoms with E-state index in [4.69, 9.17) is 4.74 Å². The molecule has 1 amide bonds. The molecule has 2 rings (SSSR count). The molecule has 0 N–H and O–H groups in total. The van der Waals surface area contributed by atoms with Crippen LogP contribution in [0.1, 0.15) is 33.3 Å². The average Bonchev–Trinajstić information content (AvgIpc) is 2.50. The van der Waals surface area contributed by atoms with E-state index in [0.29, 0.717) is 0 Å². The molecule has 1 heterocycles. The number of hydrogen-bond donors (Lipinski definition) is 0. The highest BCUT2D eigenvalue weighted by Crippen LogP contribution is 2.46.